The van der Waals surface area contributed by atoms with E-state index in [-0.39, 0.29) is 0 Å². The Morgan fingerprint density at radius 2 is 1.59 bits per heavy atom. The van der Waals surface area contributed by atoms with Crippen molar-refractivity contribution in [3.8, 4) is 34.5 Å². The van der Waals surface area contributed by atoms with Crippen molar-refractivity contribution in [2.24, 2.45) is 7.05 Å². The molecule has 0 unspecified atom stereocenters. The van der Waals surface area contributed by atoms with Gasteiger partial charge in [-0.3, -0.25) is 0 Å². The summed E-state index contributed by atoms with van der Waals surface area (Å²) in [7, 11) is 2.02. The van der Waals surface area contributed by atoms with E-state index >= 15 is 0 Å². The summed E-state index contributed by atoms with van der Waals surface area (Å²) in [5.41, 5.74) is 7.82. The van der Waals surface area contributed by atoms with E-state index in [1.165, 1.54) is 0 Å². The number of benzene rings is 3. The van der Waals surface area contributed by atoms with Gasteiger partial charge in [0.05, 0.1) is 28.8 Å². The minimum atomic E-state index is -0.733. The Morgan fingerprint density at radius 3 is 2.32 bits per heavy atom. The molecule has 37 heavy (non-hydrogen) atoms. The number of hydrogen-bond donors (Lipinski definition) is 0. The van der Waals surface area contributed by atoms with Crippen molar-refractivity contribution >= 4 is 21.9 Å². The molecule has 4 heteroatoms. The fourth-order valence-corrected chi connectivity index (χ4v) is 5.83. The van der Waals surface area contributed by atoms with Crippen molar-refractivity contribution in [1.82, 2.24) is 0 Å². The first-order valence-electron chi connectivity index (χ1n) is 13.3. The second-order valence-corrected chi connectivity index (χ2v) is 9.95. The molecule has 6 rings (SSSR count). The van der Waals surface area contributed by atoms with Crippen molar-refractivity contribution < 1.29 is 10.4 Å². The lowest BCUT2D eigenvalue weighted by atomic mass is 9.81. The van der Waals surface area contributed by atoms with Crippen LogP contribution in [-0.4, -0.2) is 0 Å². The first-order chi connectivity index (χ1) is 18.4. The molecular weight excluding hydrogens is 454 g/mol. The molecule has 1 aliphatic rings. The molecule has 1 saturated carbocycles. The highest BCUT2D eigenvalue weighted by molar-refractivity contribution is 6.14. The van der Waals surface area contributed by atoms with Crippen LogP contribution in [-0.2, 0) is 7.05 Å². The molecule has 1 fully saturated rings. The van der Waals surface area contributed by atoms with Gasteiger partial charge in [-0.25, -0.2) is 4.57 Å². The number of pyridine rings is 1. The molecule has 0 amide bonds. The monoisotopic (exact) mass is 483 g/mol. The SMILES string of the molecule is [2H]C1(c2ccc(-c3c(C#N)ccc4c3oc3c(-c5cccc[n+]5C)c(C)ccc34)cc2C#N)CCCCC1. The number of nitriles is 2. The van der Waals surface area contributed by atoms with Gasteiger partial charge in [-0.1, -0.05) is 43.5 Å². The first kappa shape index (κ1) is 21.8. The van der Waals surface area contributed by atoms with E-state index in [4.69, 9.17) is 5.79 Å². The number of hydrogen-bond acceptors (Lipinski definition) is 3. The Morgan fingerprint density at radius 1 is 0.865 bits per heavy atom. The van der Waals surface area contributed by atoms with Gasteiger partial charge < -0.3 is 4.42 Å². The number of aromatic nitrogens is 1. The summed E-state index contributed by atoms with van der Waals surface area (Å²) in [6.07, 6.45) is 6.71. The Hall–Kier alpha value is -4.41. The van der Waals surface area contributed by atoms with Crippen LogP contribution in [0.25, 0.3) is 44.3 Å². The van der Waals surface area contributed by atoms with Crippen molar-refractivity contribution in [1.29, 1.82) is 10.5 Å². The van der Waals surface area contributed by atoms with E-state index in [2.05, 4.69) is 41.8 Å². The summed E-state index contributed by atoms with van der Waals surface area (Å²) in [6, 6.07) is 24.5. The molecule has 0 aliphatic heterocycles. The maximum absolute atomic E-state index is 10.1. The van der Waals surface area contributed by atoms with Gasteiger partial charge in [0.15, 0.2) is 6.20 Å². The lowest BCUT2D eigenvalue weighted by molar-refractivity contribution is -0.660. The fraction of sp³-hybridized carbons (Fsp3) is 0.242. The van der Waals surface area contributed by atoms with Crippen molar-refractivity contribution in [3.05, 3.63) is 89.1 Å². The minimum Gasteiger partial charge on any atom is -0.454 e. The molecule has 2 heterocycles. The van der Waals surface area contributed by atoms with Crippen LogP contribution in [0.4, 0.5) is 0 Å². The van der Waals surface area contributed by atoms with Crippen LogP contribution in [0.3, 0.4) is 0 Å². The zero-order valence-electron chi connectivity index (χ0n) is 22.1. The van der Waals surface area contributed by atoms with Crippen LogP contribution in [0.5, 0.6) is 0 Å². The van der Waals surface area contributed by atoms with E-state index in [0.29, 0.717) is 22.3 Å². The second-order valence-electron chi connectivity index (χ2n) is 9.95. The Labute approximate surface area is 218 Å². The number of nitrogens with zero attached hydrogens (tertiary/aromatic N) is 3. The molecule has 2 aromatic heterocycles. The van der Waals surface area contributed by atoms with Gasteiger partial charge in [-0.2, -0.15) is 10.5 Å². The molecule has 0 bridgehead atoms. The molecule has 0 N–H and O–H groups in total. The lowest BCUT2D eigenvalue weighted by Gasteiger charge is -2.23. The predicted molar refractivity (Wildman–Crippen MR) is 146 cm³/mol. The second kappa shape index (κ2) is 9.23. The third-order valence-electron chi connectivity index (χ3n) is 7.72. The van der Waals surface area contributed by atoms with E-state index in [9.17, 15) is 10.5 Å². The summed E-state index contributed by atoms with van der Waals surface area (Å²) < 4.78 is 17.8. The van der Waals surface area contributed by atoms with Gasteiger partial charge in [0, 0.05) is 29.8 Å². The molecule has 0 radical (unpaired) electrons. The molecule has 1 aliphatic carbocycles. The van der Waals surface area contributed by atoms with Gasteiger partial charge in [0.25, 0.3) is 0 Å². The van der Waals surface area contributed by atoms with Crippen LogP contribution in [0.15, 0.2) is 71.3 Å². The average molecular weight is 484 g/mol. The highest BCUT2D eigenvalue weighted by Crippen LogP contribution is 2.43. The van der Waals surface area contributed by atoms with Gasteiger partial charge >= 0.3 is 0 Å². The van der Waals surface area contributed by atoms with Gasteiger partial charge in [-0.05, 0) is 66.6 Å². The standard InChI is InChI=1S/C33H28N3O/c1-21-11-14-27-28-16-13-24(19-34)31(33(28)37-32(27)30(21)29-10-6-7-17-36(29)2)23-12-15-26(25(18-23)20-35)22-8-4-3-5-9-22/h6-7,10-18,22H,3-5,8-9H2,1-2H3/q+1/i22D. The smallest absolute Gasteiger partial charge is 0.216 e. The molecular formula is C33H28N3O+. The largest absolute Gasteiger partial charge is 0.454 e. The zero-order chi connectivity index (χ0) is 26.4. The van der Waals surface area contributed by atoms with E-state index in [1.807, 2.05) is 55.7 Å². The van der Waals surface area contributed by atoms with Crippen molar-refractivity contribution in [2.45, 2.75) is 44.9 Å². The Bertz CT molecular complexity index is 1810. The molecule has 4 nitrogen and oxygen atoms in total. The molecule has 0 atom stereocenters. The lowest BCUT2D eigenvalue weighted by Crippen LogP contribution is -2.30. The van der Waals surface area contributed by atoms with Crippen LogP contribution >= 0.6 is 0 Å². The van der Waals surface area contributed by atoms with Gasteiger partial charge in [0.2, 0.25) is 5.69 Å². The summed E-state index contributed by atoms with van der Waals surface area (Å²) in [5, 5.41) is 22.1. The van der Waals surface area contributed by atoms with Crippen molar-refractivity contribution in [2.75, 3.05) is 0 Å². The molecule has 0 spiro atoms. The fourth-order valence-electron chi connectivity index (χ4n) is 5.83. The average Bonchev–Trinajstić information content (AvgIpc) is 3.31. The summed E-state index contributed by atoms with van der Waals surface area (Å²) in [6.45, 7) is 2.08. The van der Waals surface area contributed by atoms with Crippen LogP contribution in [0, 0.1) is 29.6 Å². The third-order valence-corrected chi connectivity index (χ3v) is 7.72. The Kier molecular flexibility index (Phi) is 5.45. The van der Waals surface area contributed by atoms with Gasteiger partial charge in [0.1, 0.15) is 18.2 Å². The summed E-state index contributed by atoms with van der Waals surface area (Å²) >= 11 is 0. The minimum absolute atomic E-state index is 0.495. The van der Waals surface area contributed by atoms with Gasteiger partial charge in [-0.15, -0.1) is 0 Å². The van der Waals surface area contributed by atoms with E-state index < -0.39 is 5.89 Å². The molecule has 180 valence electrons. The predicted octanol–water partition coefficient (Wildman–Crippen LogP) is 7.84. The van der Waals surface area contributed by atoms with Crippen LogP contribution in [0.2, 0.25) is 0 Å². The normalized spacial score (nSPS) is 15.3. The molecule has 5 aromatic rings. The maximum Gasteiger partial charge on any atom is 0.216 e. The maximum atomic E-state index is 10.1. The highest BCUT2D eigenvalue weighted by atomic mass is 16.3. The first-order valence-corrected chi connectivity index (χ1v) is 12.8. The number of rotatable bonds is 3. The number of furan rings is 1. The van der Waals surface area contributed by atoms with Crippen LogP contribution in [0.1, 0.15) is 61.6 Å². The van der Waals surface area contributed by atoms with E-state index in [0.717, 1.165) is 76.4 Å². The zero-order valence-corrected chi connectivity index (χ0v) is 21.1. The third kappa shape index (κ3) is 3.78. The Balaban J connectivity index is 1.62. The quantitative estimate of drug-likeness (QED) is 0.246. The molecule has 3 aromatic carbocycles. The van der Waals surface area contributed by atoms with E-state index in [1.54, 1.807) is 0 Å². The van der Waals surface area contributed by atoms with Crippen LogP contribution < -0.4 is 4.57 Å². The van der Waals surface area contributed by atoms with Crippen molar-refractivity contribution in [3.63, 3.8) is 0 Å². The summed E-state index contributed by atoms with van der Waals surface area (Å²) in [5.74, 6) is -0.733. The molecule has 0 saturated heterocycles. The number of fused-ring (bicyclic) bond motifs is 3. The topological polar surface area (TPSA) is 64.6 Å². The number of aryl methyl sites for hydroxylation is 2. The summed E-state index contributed by atoms with van der Waals surface area (Å²) in [4.78, 5) is 0. The highest BCUT2D eigenvalue weighted by Gasteiger charge is 2.24.